The average Bonchev–Trinajstić information content (AvgIpc) is 3.48. The average molecular weight is 759 g/mol. The standard InChI is InChI=1S/C38H62O15/c1-33(2,3)29(39)44-18-19-21(47-30(40)34(4,5)6)23(48-31(41)35(7,8)9)25(49-32(42)36(10,11)12)27(45-19)43-17-20-22-24(51-37(13,14)50-22)26-28(46-20)53-38(15,16)52-26/h19-28H,17-18H2,1-16H3/t19-,20-,21+,22+,23+,24+,25-,26-,27-,28-/m1/s1. The topological polar surface area (TPSA) is 170 Å². The maximum atomic E-state index is 13.6. The molecule has 4 aliphatic heterocycles. The maximum Gasteiger partial charge on any atom is 0.311 e. The van der Waals surface area contributed by atoms with E-state index in [2.05, 4.69) is 0 Å². The van der Waals surface area contributed by atoms with Crippen LogP contribution in [0.25, 0.3) is 0 Å². The van der Waals surface area contributed by atoms with Crippen LogP contribution in [0.2, 0.25) is 0 Å². The number of rotatable bonds is 8. The summed E-state index contributed by atoms with van der Waals surface area (Å²) in [7, 11) is 0. The first-order valence-corrected chi connectivity index (χ1v) is 18.3. The van der Waals surface area contributed by atoms with E-state index in [9.17, 15) is 19.2 Å². The molecule has 0 amide bonds. The van der Waals surface area contributed by atoms with Crippen molar-refractivity contribution in [2.45, 2.75) is 184 Å². The van der Waals surface area contributed by atoms with Crippen LogP contribution in [0.5, 0.6) is 0 Å². The van der Waals surface area contributed by atoms with Crippen molar-refractivity contribution in [3.8, 4) is 0 Å². The molecule has 0 N–H and O–H groups in total. The first-order valence-electron chi connectivity index (χ1n) is 18.3. The molecule has 0 radical (unpaired) electrons. The first kappa shape index (κ1) is 43.3. The van der Waals surface area contributed by atoms with Crippen LogP contribution >= 0.6 is 0 Å². The lowest BCUT2D eigenvalue weighted by atomic mass is 9.93. The Morgan fingerprint density at radius 1 is 0.491 bits per heavy atom. The summed E-state index contributed by atoms with van der Waals surface area (Å²) in [4.78, 5) is 53.6. The van der Waals surface area contributed by atoms with Gasteiger partial charge in [-0.05, 0) is 111 Å². The second-order valence-electron chi connectivity index (χ2n) is 19.3. The van der Waals surface area contributed by atoms with Gasteiger partial charge in [0.25, 0.3) is 0 Å². The van der Waals surface area contributed by atoms with Crippen LogP contribution in [-0.4, -0.2) is 110 Å². The van der Waals surface area contributed by atoms with Crippen molar-refractivity contribution in [3.05, 3.63) is 0 Å². The highest BCUT2D eigenvalue weighted by Crippen LogP contribution is 2.44. The number of carbonyl (C=O) groups excluding carboxylic acids is 4. The van der Waals surface area contributed by atoms with Crippen molar-refractivity contribution in [1.29, 1.82) is 0 Å². The predicted octanol–water partition coefficient (Wildman–Crippen LogP) is 4.59. The monoisotopic (exact) mass is 758 g/mol. The van der Waals surface area contributed by atoms with Gasteiger partial charge in [0.15, 0.2) is 42.5 Å². The molecule has 0 spiro atoms. The molecule has 53 heavy (non-hydrogen) atoms. The lowest BCUT2D eigenvalue weighted by Gasteiger charge is -2.46. The summed E-state index contributed by atoms with van der Waals surface area (Å²) in [5, 5.41) is 0. The largest absolute Gasteiger partial charge is 0.462 e. The van der Waals surface area contributed by atoms with E-state index in [-0.39, 0.29) is 6.61 Å². The summed E-state index contributed by atoms with van der Waals surface area (Å²) in [6, 6.07) is 0. The highest BCUT2D eigenvalue weighted by Gasteiger charge is 2.61. The molecular formula is C38H62O15. The van der Waals surface area contributed by atoms with Crippen molar-refractivity contribution >= 4 is 23.9 Å². The first-order chi connectivity index (χ1) is 23.9. The van der Waals surface area contributed by atoms with Crippen LogP contribution in [-0.2, 0) is 71.3 Å². The van der Waals surface area contributed by atoms with Crippen molar-refractivity contribution in [3.63, 3.8) is 0 Å². The van der Waals surface area contributed by atoms with Gasteiger partial charge in [-0.15, -0.1) is 0 Å². The number of fused-ring (bicyclic) bond motifs is 3. The molecule has 0 saturated carbocycles. The minimum Gasteiger partial charge on any atom is -0.462 e. The summed E-state index contributed by atoms with van der Waals surface area (Å²) in [6.45, 7) is 26.5. The fourth-order valence-corrected chi connectivity index (χ4v) is 5.84. The molecular weight excluding hydrogens is 696 g/mol. The number of esters is 4. The van der Waals surface area contributed by atoms with Gasteiger partial charge in [0, 0.05) is 0 Å². The molecule has 0 aliphatic carbocycles. The molecule has 304 valence electrons. The van der Waals surface area contributed by atoms with Gasteiger partial charge in [0.1, 0.15) is 37.1 Å². The Morgan fingerprint density at radius 2 is 0.925 bits per heavy atom. The zero-order chi connectivity index (χ0) is 40.3. The third-order valence-corrected chi connectivity index (χ3v) is 8.82. The zero-order valence-electron chi connectivity index (χ0n) is 34.3. The predicted molar refractivity (Wildman–Crippen MR) is 186 cm³/mol. The molecule has 15 heteroatoms. The highest BCUT2D eigenvalue weighted by atomic mass is 16.9. The van der Waals surface area contributed by atoms with Crippen LogP contribution in [0.4, 0.5) is 0 Å². The quantitative estimate of drug-likeness (QED) is 0.249. The SMILES string of the molecule is CC1(C)O[C@H]2[C@@H](O1)[C@@H](CO[C@@H]1O[C@H](COC(=O)C(C)(C)C)[C@H](OC(=O)C(C)(C)C)[C@H](OC(=O)C(C)(C)C)[C@H]1OC(=O)C(C)(C)C)O[C@@H]1OC(C)(C)O[C@@H]12. The second kappa shape index (κ2) is 14.9. The van der Waals surface area contributed by atoms with Gasteiger partial charge in [-0.3, -0.25) is 19.2 Å². The fourth-order valence-electron chi connectivity index (χ4n) is 5.84. The molecule has 0 bridgehead atoms. The zero-order valence-corrected chi connectivity index (χ0v) is 34.3. The maximum absolute atomic E-state index is 13.6. The van der Waals surface area contributed by atoms with Gasteiger partial charge in [-0.25, -0.2) is 0 Å². The summed E-state index contributed by atoms with van der Waals surface area (Å²) < 4.78 is 67.7. The molecule has 4 heterocycles. The smallest absolute Gasteiger partial charge is 0.311 e. The van der Waals surface area contributed by atoms with E-state index in [0.717, 1.165) is 0 Å². The lowest BCUT2D eigenvalue weighted by Crippen LogP contribution is -2.64. The van der Waals surface area contributed by atoms with Gasteiger partial charge in [0.05, 0.1) is 28.3 Å². The third-order valence-electron chi connectivity index (χ3n) is 8.82. The van der Waals surface area contributed by atoms with Gasteiger partial charge >= 0.3 is 23.9 Å². The Bertz CT molecular complexity index is 1360. The van der Waals surface area contributed by atoms with Gasteiger partial charge in [-0.1, -0.05) is 0 Å². The summed E-state index contributed by atoms with van der Waals surface area (Å²) in [5.41, 5.74) is -3.91. The highest BCUT2D eigenvalue weighted by molar-refractivity contribution is 5.78. The molecule has 0 aromatic rings. The number of ether oxygens (including phenoxy) is 11. The van der Waals surface area contributed by atoms with Crippen LogP contribution in [0.15, 0.2) is 0 Å². The van der Waals surface area contributed by atoms with Crippen LogP contribution < -0.4 is 0 Å². The van der Waals surface area contributed by atoms with Crippen LogP contribution in [0, 0.1) is 21.7 Å². The molecule has 0 aromatic carbocycles. The normalized spacial score (nSPS) is 34.0. The molecule has 4 fully saturated rings. The molecule has 10 atom stereocenters. The summed E-state index contributed by atoms with van der Waals surface area (Å²) >= 11 is 0. The van der Waals surface area contributed by atoms with E-state index in [0.29, 0.717) is 0 Å². The number of hydrogen-bond donors (Lipinski definition) is 0. The fraction of sp³-hybridized carbons (Fsp3) is 0.895. The Kier molecular flexibility index (Phi) is 12.2. The third kappa shape index (κ3) is 10.5. The Morgan fingerprint density at radius 3 is 1.43 bits per heavy atom. The van der Waals surface area contributed by atoms with Crippen molar-refractivity contribution in [2.24, 2.45) is 21.7 Å². The van der Waals surface area contributed by atoms with Gasteiger partial charge in [0.2, 0.25) is 0 Å². The van der Waals surface area contributed by atoms with Crippen molar-refractivity contribution < 1.29 is 71.3 Å². The minimum absolute atomic E-state index is 0.206. The van der Waals surface area contributed by atoms with Crippen molar-refractivity contribution in [1.82, 2.24) is 0 Å². The van der Waals surface area contributed by atoms with Gasteiger partial charge < -0.3 is 52.1 Å². The summed E-state index contributed by atoms with van der Waals surface area (Å²) in [5.74, 6) is -4.48. The molecule has 0 aromatic heterocycles. The van der Waals surface area contributed by atoms with E-state index >= 15 is 0 Å². The Hall–Kier alpha value is -2.40. The lowest BCUT2D eigenvalue weighted by molar-refractivity contribution is -0.323. The molecule has 15 nitrogen and oxygen atoms in total. The second-order valence-corrected chi connectivity index (χ2v) is 19.3. The van der Waals surface area contributed by atoms with E-state index in [4.69, 9.17) is 52.1 Å². The molecule has 4 saturated heterocycles. The number of carbonyl (C=O) groups is 4. The Labute approximate surface area is 313 Å². The summed E-state index contributed by atoms with van der Waals surface area (Å²) in [6.07, 6.45) is -10.4. The Balaban J connectivity index is 1.75. The van der Waals surface area contributed by atoms with E-state index in [1.54, 1.807) is 111 Å². The molecule has 0 unspecified atom stereocenters. The van der Waals surface area contributed by atoms with E-state index < -0.39 is 125 Å². The molecule has 4 aliphatic rings. The number of hydrogen-bond acceptors (Lipinski definition) is 15. The van der Waals surface area contributed by atoms with Crippen molar-refractivity contribution in [2.75, 3.05) is 13.2 Å². The van der Waals surface area contributed by atoms with Crippen LogP contribution in [0.3, 0.4) is 0 Å². The molecule has 4 rings (SSSR count). The van der Waals surface area contributed by atoms with Crippen LogP contribution in [0.1, 0.15) is 111 Å². The van der Waals surface area contributed by atoms with E-state index in [1.807, 2.05) is 0 Å². The van der Waals surface area contributed by atoms with E-state index in [1.165, 1.54) is 0 Å². The van der Waals surface area contributed by atoms with Gasteiger partial charge in [-0.2, -0.15) is 0 Å². The minimum atomic E-state index is -1.46.